The summed E-state index contributed by atoms with van der Waals surface area (Å²) in [6.07, 6.45) is 1.78. The fourth-order valence-corrected chi connectivity index (χ4v) is 4.53. The van der Waals surface area contributed by atoms with E-state index in [2.05, 4.69) is 24.1 Å². The number of nitrogens with zero attached hydrogens (tertiary/aromatic N) is 2. The minimum Gasteiger partial charge on any atom is -0.371 e. The van der Waals surface area contributed by atoms with Crippen LogP contribution in [-0.4, -0.2) is 30.5 Å². The highest BCUT2D eigenvalue weighted by Crippen LogP contribution is 2.25. The van der Waals surface area contributed by atoms with Crippen molar-refractivity contribution in [2.75, 3.05) is 24.5 Å². The van der Waals surface area contributed by atoms with Crippen LogP contribution in [0.3, 0.4) is 0 Å². The Morgan fingerprint density at radius 2 is 2.15 bits per heavy atom. The predicted octanol–water partition coefficient (Wildman–Crippen LogP) is 4.18. The lowest BCUT2D eigenvalue weighted by molar-refractivity contribution is 0.0951. The maximum Gasteiger partial charge on any atom is 0.263 e. The van der Waals surface area contributed by atoms with E-state index < -0.39 is 11.6 Å². The van der Waals surface area contributed by atoms with Gasteiger partial charge >= 0.3 is 0 Å². The smallest absolute Gasteiger partial charge is 0.263 e. The van der Waals surface area contributed by atoms with Crippen LogP contribution in [-0.2, 0) is 6.42 Å². The zero-order valence-corrected chi connectivity index (χ0v) is 16.7. The van der Waals surface area contributed by atoms with Crippen molar-refractivity contribution in [3.05, 3.63) is 45.4 Å². The number of nitrogens with one attached hydrogen (secondary N) is 1. The van der Waals surface area contributed by atoms with Crippen LogP contribution in [0.4, 0.5) is 14.5 Å². The summed E-state index contributed by atoms with van der Waals surface area (Å²) < 4.78 is 26.5. The van der Waals surface area contributed by atoms with Crippen LogP contribution in [0.25, 0.3) is 0 Å². The number of halogens is 2. The first kappa shape index (κ1) is 19.7. The van der Waals surface area contributed by atoms with Gasteiger partial charge in [0.25, 0.3) is 5.91 Å². The maximum atomic E-state index is 13.4. The molecule has 2 aromatic rings. The largest absolute Gasteiger partial charge is 0.371 e. The Hall–Kier alpha value is -2.02. The number of hydrogen-bond acceptors (Lipinski definition) is 4. The molecule has 2 heterocycles. The van der Waals surface area contributed by atoms with E-state index in [4.69, 9.17) is 0 Å². The quantitative estimate of drug-likeness (QED) is 0.801. The highest BCUT2D eigenvalue weighted by Gasteiger charge is 2.24. The number of hydrogen-bond donors (Lipinski definition) is 1. The van der Waals surface area contributed by atoms with Gasteiger partial charge in [-0.05, 0) is 37.3 Å². The van der Waals surface area contributed by atoms with Gasteiger partial charge in [-0.1, -0.05) is 13.8 Å². The van der Waals surface area contributed by atoms with Crippen LogP contribution in [0, 0.1) is 30.4 Å². The third-order valence-electron chi connectivity index (χ3n) is 4.74. The minimum atomic E-state index is -0.835. The number of carbonyl (C=O) groups is 1. The predicted molar refractivity (Wildman–Crippen MR) is 104 cm³/mol. The summed E-state index contributed by atoms with van der Waals surface area (Å²) in [6.45, 7) is 8.19. The van der Waals surface area contributed by atoms with Crippen molar-refractivity contribution in [1.82, 2.24) is 10.3 Å². The Morgan fingerprint density at radius 1 is 1.37 bits per heavy atom. The van der Waals surface area contributed by atoms with Crippen LogP contribution in [0.15, 0.2) is 18.2 Å². The third-order valence-corrected chi connectivity index (χ3v) is 5.91. The topological polar surface area (TPSA) is 45.2 Å². The number of anilines is 1. The SMILES string of the molecule is Cc1nc(CC(C)C)sc1C(=O)NCC1CCN(c2ccc(F)c(F)c2)C1. The van der Waals surface area contributed by atoms with Crippen LogP contribution >= 0.6 is 11.3 Å². The summed E-state index contributed by atoms with van der Waals surface area (Å²) in [5.74, 6) is -0.954. The number of carbonyl (C=O) groups excluding carboxylic acids is 1. The van der Waals surface area contributed by atoms with Gasteiger partial charge in [-0.3, -0.25) is 4.79 Å². The zero-order valence-electron chi connectivity index (χ0n) is 15.9. The Labute approximate surface area is 162 Å². The van der Waals surface area contributed by atoms with Crippen molar-refractivity contribution in [2.24, 2.45) is 11.8 Å². The fourth-order valence-electron chi connectivity index (χ4n) is 3.33. The molecular weight excluding hydrogens is 368 g/mol. The highest BCUT2D eigenvalue weighted by molar-refractivity contribution is 7.13. The van der Waals surface area contributed by atoms with Gasteiger partial charge in [0.15, 0.2) is 11.6 Å². The van der Waals surface area contributed by atoms with Crippen molar-refractivity contribution < 1.29 is 13.6 Å². The van der Waals surface area contributed by atoms with Crippen molar-refractivity contribution in [2.45, 2.75) is 33.6 Å². The van der Waals surface area contributed by atoms with Crippen LogP contribution in [0.1, 0.15) is 40.6 Å². The second kappa shape index (κ2) is 8.33. The molecule has 1 fully saturated rings. The lowest BCUT2D eigenvalue weighted by atomic mass is 10.1. The molecule has 1 N–H and O–H groups in total. The molecule has 0 aliphatic carbocycles. The zero-order chi connectivity index (χ0) is 19.6. The average molecular weight is 394 g/mol. The van der Waals surface area contributed by atoms with Crippen LogP contribution < -0.4 is 10.2 Å². The molecule has 1 aliphatic heterocycles. The molecule has 0 saturated carbocycles. The normalized spacial score (nSPS) is 17.0. The van der Waals surface area contributed by atoms with E-state index in [1.165, 1.54) is 17.4 Å². The molecule has 146 valence electrons. The first-order chi connectivity index (χ1) is 12.8. The van der Waals surface area contributed by atoms with Gasteiger partial charge in [-0.15, -0.1) is 11.3 Å². The summed E-state index contributed by atoms with van der Waals surface area (Å²) in [5.41, 5.74) is 1.46. The van der Waals surface area contributed by atoms with E-state index in [-0.39, 0.29) is 11.8 Å². The molecule has 0 spiro atoms. The molecular formula is C20H25F2N3OS. The molecule has 1 atom stereocenters. The lowest BCUT2D eigenvalue weighted by Gasteiger charge is -2.19. The molecule has 1 unspecified atom stereocenters. The molecule has 4 nitrogen and oxygen atoms in total. The van der Waals surface area contributed by atoms with Crippen molar-refractivity contribution in [1.29, 1.82) is 0 Å². The van der Waals surface area contributed by atoms with Crippen LogP contribution in [0.5, 0.6) is 0 Å². The number of rotatable bonds is 6. The number of amides is 1. The van der Waals surface area contributed by atoms with Gasteiger partial charge in [-0.2, -0.15) is 0 Å². The van der Waals surface area contributed by atoms with E-state index in [1.807, 2.05) is 11.8 Å². The number of aromatic nitrogens is 1. The summed E-state index contributed by atoms with van der Waals surface area (Å²) in [6, 6.07) is 3.98. The first-order valence-electron chi connectivity index (χ1n) is 9.28. The van der Waals surface area contributed by atoms with Gasteiger partial charge in [0.05, 0.1) is 10.7 Å². The van der Waals surface area contributed by atoms with E-state index in [1.54, 1.807) is 6.07 Å². The van der Waals surface area contributed by atoms with Crippen molar-refractivity contribution in [3.8, 4) is 0 Å². The molecule has 0 bridgehead atoms. The molecule has 1 aromatic heterocycles. The van der Waals surface area contributed by atoms with Gasteiger partial charge in [0, 0.05) is 37.8 Å². The van der Waals surface area contributed by atoms with E-state index in [0.29, 0.717) is 29.6 Å². The Kier molecular flexibility index (Phi) is 6.09. The molecule has 1 aliphatic rings. The van der Waals surface area contributed by atoms with Gasteiger partial charge in [0.1, 0.15) is 4.88 Å². The highest BCUT2D eigenvalue weighted by atomic mass is 32.1. The summed E-state index contributed by atoms with van der Waals surface area (Å²) in [7, 11) is 0. The fraction of sp³-hybridized carbons (Fsp3) is 0.500. The Bertz CT molecular complexity index is 822. The number of aryl methyl sites for hydroxylation is 1. The van der Waals surface area contributed by atoms with Gasteiger partial charge in [0.2, 0.25) is 0 Å². The number of thiazole rings is 1. The summed E-state index contributed by atoms with van der Waals surface area (Å²) in [5, 5.41) is 4.01. The maximum absolute atomic E-state index is 13.4. The molecule has 1 saturated heterocycles. The van der Waals surface area contributed by atoms with Gasteiger partial charge < -0.3 is 10.2 Å². The van der Waals surface area contributed by atoms with Crippen LogP contribution in [0.2, 0.25) is 0 Å². The molecule has 1 aromatic carbocycles. The third kappa shape index (κ3) is 4.83. The molecule has 1 amide bonds. The van der Waals surface area contributed by atoms with E-state index in [0.717, 1.165) is 36.2 Å². The molecule has 3 rings (SSSR count). The Morgan fingerprint density at radius 3 is 2.85 bits per heavy atom. The number of benzene rings is 1. The minimum absolute atomic E-state index is 0.0775. The lowest BCUT2D eigenvalue weighted by Crippen LogP contribution is -2.31. The van der Waals surface area contributed by atoms with E-state index >= 15 is 0 Å². The monoisotopic (exact) mass is 393 g/mol. The molecule has 27 heavy (non-hydrogen) atoms. The average Bonchev–Trinajstić information content (AvgIpc) is 3.21. The van der Waals surface area contributed by atoms with Gasteiger partial charge in [-0.25, -0.2) is 13.8 Å². The van der Waals surface area contributed by atoms with E-state index in [9.17, 15) is 13.6 Å². The molecule has 7 heteroatoms. The first-order valence-corrected chi connectivity index (χ1v) is 10.1. The van der Waals surface area contributed by atoms with Crippen molar-refractivity contribution in [3.63, 3.8) is 0 Å². The second-order valence-corrected chi connectivity index (χ2v) is 8.61. The molecule has 0 radical (unpaired) electrons. The standard InChI is InChI=1S/C20H25F2N3OS/c1-12(2)8-18-24-13(3)19(27-18)20(26)23-10-14-6-7-25(11-14)15-4-5-16(21)17(22)9-15/h4-5,9,12,14H,6-8,10-11H2,1-3H3,(H,23,26). The summed E-state index contributed by atoms with van der Waals surface area (Å²) >= 11 is 1.47. The second-order valence-electron chi connectivity index (χ2n) is 7.53. The summed E-state index contributed by atoms with van der Waals surface area (Å²) in [4.78, 5) is 19.7. The van der Waals surface area contributed by atoms with Crippen molar-refractivity contribution >= 4 is 22.9 Å². The Balaban J connectivity index is 1.54.